The van der Waals surface area contributed by atoms with Crippen molar-refractivity contribution >= 4 is 0 Å². The first-order valence-electron chi connectivity index (χ1n) is 29.6. The smallest absolute Gasteiger partial charge is 0.378 e. The zero-order chi connectivity index (χ0) is 51.3. The Kier molecular flexibility index (Phi) is 24.1. The van der Waals surface area contributed by atoms with Gasteiger partial charge in [0.05, 0.1) is 27.3 Å². The van der Waals surface area contributed by atoms with Crippen molar-refractivity contribution in [1.82, 2.24) is 0 Å². The van der Waals surface area contributed by atoms with Gasteiger partial charge >= 0.3 is 29.6 Å². The van der Waals surface area contributed by atoms with E-state index in [4.69, 9.17) is 27.4 Å². The van der Waals surface area contributed by atoms with Crippen molar-refractivity contribution < 1.29 is 44.8 Å². The topological polar surface area (TPSA) is 126 Å². The summed E-state index contributed by atoms with van der Waals surface area (Å²) in [7, 11) is -1.00. The van der Waals surface area contributed by atoms with Crippen molar-refractivity contribution in [3.05, 3.63) is 49.7 Å². The molecule has 0 aromatic rings. The van der Waals surface area contributed by atoms with Gasteiger partial charge in [0.25, 0.3) is 0 Å². The van der Waals surface area contributed by atoms with Crippen LogP contribution in [0.2, 0.25) is 0 Å². The molecule has 8 aliphatic carbocycles. The molecule has 8 aliphatic rings. The fraction of sp³-hybridized carbons (Fsp3) is 0.933. The Morgan fingerprint density at radius 3 is 1.44 bits per heavy atom. The average molecular weight is 985 g/mol. The summed E-state index contributed by atoms with van der Waals surface area (Å²) < 4.78 is 27.8. The van der Waals surface area contributed by atoms with E-state index in [2.05, 4.69) is 98.3 Å². The van der Waals surface area contributed by atoms with E-state index in [1.165, 1.54) is 133 Å². The summed E-state index contributed by atoms with van der Waals surface area (Å²) >= 11 is 0. The van der Waals surface area contributed by atoms with Crippen molar-refractivity contribution in [3.8, 4) is 0 Å². The summed E-state index contributed by atoms with van der Waals surface area (Å²) in [5.41, 5.74) is 27.5. The van der Waals surface area contributed by atoms with Crippen LogP contribution in [0, 0.1) is 92.7 Å². The third-order valence-corrected chi connectivity index (χ3v) is 21.7. The number of rotatable bonds is 17. The van der Waals surface area contributed by atoms with Crippen LogP contribution in [-0.4, -0.2) is 39.1 Å². The molecule has 0 aromatic heterocycles. The van der Waals surface area contributed by atoms with Gasteiger partial charge in [-0.05, 0) is 207 Å². The fourth-order valence-electron chi connectivity index (χ4n) is 18.2. The molecule has 8 nitrogen and oxygen atoms in total. The van der Waals surface area contributed by atoms with Crippen LogP contribution in [0.5, 0.6) is 0 Å². The summed E-state index contributed by atoms with van der Waals surface area (Å²) in [6, 6.07) is 0. The second-order valence-corrected chi connectivity index (χ2v) is 26.1. The Labute approximate surface area is 452 Å². The van der Waals surface area contributed by atoms with E-state index in [1.54, 1.807) is 11.1 Å². The molecule has 0 bridgehead atoms. The van der Waals surface area contributed by atoms with Gasteiger partial charge < -0.3 is 20.5 Å². The largest absolute Gasteiger partial charge is 1.00 e. The van der Waals surface area contributed by atoms with Gasteiger partial charge in [-0.3, -0.25) is 9.30 Å². The predicted octanol–water partition coefficient (Wildman–Crippen LogP) is 16.0. The van der Waals surface area contributed by atoms with Crippen molar-refractivity contribution in [1.29, 1.82) is 0 Å². The second-order valence-electron chi connectivity index (χ2n) is 26.1. The summed E-state index contributed by atoms with van der Waals surface area (Å²) in [4.78, 5) is 4.34. The van der Waals surface area contributed by atoms with Gasteiger partial charge in [-0.15, -0.1) is 0 Å². The van der Waals surface area contributed by atoms with Crippen LogP contribution in [0.15, 0.2) is 28.4 Å². The minimum absolute atomic E-state index is 0. The van der Waals surface area contributed by atoms with Crippen LogP contribution >= 0.6 is 0 Å². The van der Waals surface area contributed by atoms with Crippen LogP contribution < -0.4 is 29.6 Å². The quantitative estimate of drug-likeness (QED) is 0.0359. The third-order valence-electron chi connectivity index (χ3n) is 21.7. The number of allylic oxidation sites excluding steroid dienone is 2. The summed E-state index contributed by atoms with van der Waals surface area (Å²) in [5.74, 6) is 11.0. The Balaban J connectivity index is 0.000000275. The van der Waals surface area contributed by atoms with E-state index in [-0.39, 0.29) is 29.6 Å². The van der Waals surface area contributed by atoms with Gasteiger partial charge in [0, 0.05) is 18.1 Å². The van der Waals surface area contributed by atoms with Crippen LogP contribution in [-0.2, 0) is 9.47 Å². The maximum absolute atomic E-state index is 9.96. The molecule has 0 amide bonds. The molecule has 0 aliphatic heterocycles. The van der Waals surface area contributed by atoms with Gasteiger partial charge in [0.1, 0.15) is 0 Å². The minimum Gasteiger partial charge on any atom is -0.378 e. The van der Waals surface area contributed by atoms with Crippen molar-refractivity contribution in [2.75, 3.05) is 26.9 Å². The first kappa shape index (κ1) is 59.8. The molecule has 394 valence electrons. The molecule has 0 N–H and O–H groups in total. The molecule has 0 aromatic carbocycles. The molecule has 10 heteroatoms. The molecule has 0 saturated heterocycles. The monoisotopic (exact) mass is 984 g/mol. The average Bonchev–Trinajstić information content (AvgIpc) is 3.87. The van der Waals surface area contributed by atoms with Gasteiger partial charge in [-0.1, -0.05) is 143 Å². The zero-order valence-corrected chi connectivity index (χ0v) is 49.2. The number of hydrogen-bond donors (Lipinski definition) is 0. The van der Waals surface area contributed by atoms with Crippen molar-refractivity contribution in [2.24, 2.45) is 97.8 Å². The van der Waals surface area contributed by atoms with Crippen LogP contribution in [0.4, 0.5) is 4.39 Å². The van der Waals surface area contributed by atoms with Crippen LogP contribution in [0.3, 0.4) is 0 Å². The molecule has 16 atom stereocenters. The molecule has 6 fully saturated rings. The molecule has 0 radical (unpaired) electrons. The summed E-state index contributed by atoms with van der Waals surface area (Å²) in [6.45, 7) is 29.5. The molecule has 0 unspecified atom stereocenters. The van der Waals surface area contributed by atoms with Crippen molar-refractivity contribution in [2.45, 2.75) is 236 Å². The number of azide groups is 1. The van der Waals surface area contributed by atoms with E-state index >= 15 is 0 Å². The number of ether oxygens (including phenoxy) is 2. The second kappa shape index (κ2) is 28.2. The first-order valence-corrected chi connectivity index (χ1v) is 28.9. The number of nitrogens with zero attached hydrogens (tertiary/aromatic N) is 6. The maximum Gasteiger partial charge on any atom is 1.00 e. The van der Waals surface area contributed by atoms with Gasteiger partial charge in [0.15, 0.2) is 0 Å². The Hall–Kier alpha value is -1.05. The number of alkyl halides is 1. The molecule has 6 saturated carbocycles. The zero-order valence-electron chi connectivity index (χ0n) is 48.2. The van der Waals surface area contributed by atoms with Gasteiger partial charge in [-0.2, -0.15) is 0 Å². The van der Waals surface area contributed by atoms with E-state index in [0.29, 0.717) is 47.0 Å². The maximum atomic E-state index is 9.96. The first-order chi connectivity index (χ1) is 33.4. The molecule has 8 rings (SSSR count). The molecular weight excluding hydrogens is 879 g/mol. The normalized spacial score (nSPS) is 38.8. The Morgan fingerprint density at radius 2 is 1.06 bits per heavy atom. The van der Waals surface area contributed by atoms with Crippen molar-refractivity contribution in [3.63, 3.8) is 0 Å². The molecule has 70 heavy (non-hydrogen) atoms. The Bertz CT molecular complexity index is 1770. The van der Waals surface area contributed by atoms with Gasteiger partial charge in [-0.25, -0.2) is 0 Å². The van der Waals surface area contributed by atoms with E-state index in [9.17, 15) is 4.39 Å². The fourth-order valence-corrected chi connectivity index (χ4v) is 18.2. The molecular formula is C60H104FN6NaO2. The third kappa shape index (κ3) is 13.9. The number of hydrogen-bond acceptors (Lipinski definition) is 3. The van der Waals surface area contributed by atoms with E-state index < -0.39 is 7.15 Å². The standard InChI is InChI=1S/C30H52O.C29H49N3O.CH3F.N3.Na/c1-7-19-31-24-15-17-29(5)23(20-24)11-12-25-27-14-13-26(22(4)10-8-9-21(2)3)30(27,6)18-16-28(25)29;1-20(2)7-6-8-21(3)25-11-12-26-24-10-9-22-19-23(33-18-17-31-32-30)13-15-28(22,4)27(24)14-16-29(25,26)5;1-2;1-3-2;/h11,21-22,24-28H,7-10,12-20H2,1-6H3;9,20-21,23-27H,6-8,10-19H2,1-5H3;1H3;;/q;;;-1;+1/t22-,24+,25+,26-,27+,28+,29+,30-;21-,23+,24+,25-,26+,27+,28+,29-;;;/m11.../s1/i;;1D;;. The number of fused-ring (bicyclic) bond motifs is 10. The predicted molar refractivity (Wildman–Crippen MR) is 287 cm³/mol. The Morgan fingerprint density at radius 1 is 0.643 bits per heavy atom. The van der Waals surface area contributed by atoms with Gasteiger partial charge in [0.2, 0.25) is 0 Å². The van der Waals surface area contributed by atoms with Crippen LogP contribution in [0.25, 0.3) is 26.4 Å². The summed E-state index contributed by atoms with van der Waals surface area (Å²) in [5, 5.41) is 3.63. The van der Waals surface area contributed by atoms with E-state index in [0.717, 1.165) is 96.9 Å². The molecule has 0 heterocycles. The summed E-state index contributed by atoms with van der Waals surface area (Å²) in [6.07, 6.45) is 37.8. The number of halogens is 1. The van der Waals surface area contributed by atoms with E-state index in [1.807, 2.05) is 0 Å². The SMILES string of the molecule is CC(C)CCC[C@@H](C)[C@H]1CC[C@H]2[C@@H]3CC=C4C[C@@H](OCCN=[N+]=[N-])CC[C@]4(C)[C@H]3CC[C@]12C.CCCO[C@H]1CC[C@@]2(C)C(=CC[C@H]3[C@@H]4CC[C@H]([C@H](C)CCCC(C)C)[C@@]4(C)CC[C@@H]32)C1.[2H]CF.[N-]=[N+]=[N-].[Na+]. The van der Waals surface area contributed by atoms with Crippen LogP contribution in [0.1, 0.15) is 225 Å². The minimum atomic E-state index is -1.00. The molecule has 0 spiro atoms.